The van der Waals surface area contributed by atoms with Crippen LogP contribution in [0.5, 0.6) is 0 Å². The molecule has 2 amide bonds. The van der Waals surface area contributed by atoms with E-state index in [2.05, 4.69) is 10.6 Å². The molecule has 0 aromatic heterocycles. The van der Waals surface area contributed by atoms with E-state index in [9.17, 15) is 9.59 Å². The first-order chi connectivity index (χ1) is 12.4. The van der Waals surface area contributed by atoms with Crippen molar-refractivity contribution >= 4 is 23.6 Å². The second-order valence-corrected chi connectivity index (χ2v) is 8.58. The highest BCUT2D eigenvalue weighted by Crippen LogP contribution is 2.20. The molecule has 0 aliphatic carbocycles. The lowest BCUT2D eigenvalue weighted by atomic mass is 10.0. The van der Waals surface area contributed by atoms with Gasteiger partial charge in [0.05, 0.1) is 6.04 Å². The summed E-state index contributed by atoms with van der Waals surface area (Å²) >= 11 is 5.96. The molecule has 0 saturated heterocycles. The van der Waals surface area contributed by atoms with Crippen LogP contribution in [-0.4, -0.2) is 49.2 Å². The second kappa shape index (κ2) is 9.95. The monoisotopic (exact) mass is 397 g/mol. The molecule has 2 unspecified atom stereocenters. The van der Waals surface area contributed by atoms with Crippen molar-refractivity contribution < 1.29 is 14.3 Å². The largest absolute Gasteiger partial charge is 0.444 e. The van der Waals surface area contributed by atoms with Gasteiger partial charge in [0.1, 0.15) is 11.6 Å². The maximum atomic E-state index is 12.7. The molecule has 6 nitrogen and oxygen atoms in total. The summed E-state index contributed by atoms with van der Waals surface area (Å²) < 4.78 is 5.26. The van der Waals surface area contributed by atoms with Crippen molar-refractivity contribution in [3.05, 3.63) is 34.9 Å². The Hall–Kier alpha value is -1.79. The van der Waals surface area contributed by atoms with Gasteiger partial charge in [-0.15, -0.1) is 0 Å². The molecule has 27 heavy (non-hydrogen) atoms. The average molecular weight is 398 g/mol. The molecule has 152 valence electrons. The summed E-state index contributed by atoms with van der Waals surface area (Å²) in [5.41, 5.74) is 0.429. The number of nitrogens with zero attached hydrogens (tertiary/aromatic N) is 1. The average Bonchev–Trinajstić information content (AvgIpc) is 2.52. The van der Waals surface area contributed by atoms with Crippen molar-refractivity contribution in [2.75, 3.05) is 20.6 Å². The summed E-state index contributed by atoms with van der Waals surface area (Å²) in [4.78, 5) is 26.7. The summed E-state index contributed by atoms with van der Waals surface area (Å²) in [5, 5.41) is 6.28. The van der Waals surface area contributed by atoms with Gasteiger partial charge < -0.3 is 20.3 Å². The third kappa shape index (κ3) is 8.18. The quantitative estimate of drug-likeness (QED) is 0.737. The summed E-state index contributed by atoms with van der Waals surface area (Å²) in [6.45, 7) is 9.52. The van der Waals surface area contributed by atoms with Crippen molar-refractivity contribution in [3.63, 3.8) is 0 Å². The molecule has 0 spiro atoms. The molecule has 2 N–H and O–H groups in total. The van der Waals surface area contributed by atoms with Crippen molar-refractivity contribution in [1.82, 2.24) is 15.5 Å². The number of nitrogens with one attached hydrogen (secondary N) is 2. The fourth-order valence-electron chi connectivity index (χ4n) is 2.56. The Morgan fingerprint density at radius 2 is 1.70 bits per heavy atom. The fraction of sp³-hybridized carbons (Fsp3) is 0.600. The Labute approximate surface area is 167 Å². The molecule has 7 heteroatoms. The second-order valence-electron chi connectivity index (χ2n) is 8.14. The van der Waals surface area contributed by atoms with Crippen LogP contribution in [0.3, 0.4) is 0 Å². The molecular weight excluding hydrogens is 366 g/mol. The lowest BCUT2D eigenvalue weighted by Crippen LogP contribution is -2.51. The SMILES string of the molecule is CC(C)C(NC(=O)OC(C)(C)C)C(=O)NCC(c1ccc(Cl)cc1)N(C)C. The van der Waals surface area contributed by atoms with E-state index in [1.165, 1.54) is 0 Å². The highest BCUT2D eigenvalue weighted by atomic mass is 35.5. The van der Waals surface area contributed by atoms with Gasteiger partial charge in [-0.1, -0.05) is 37.6 Å². The Morgan fingerprint density at radius 3 is 2.15 bits per heavy atom. The number of carbonyl (C=O) groups is 2. The Balaban J connectivity index is 2.76. The van der Waals surface area contributed by atoms with Crippen molar-refractivity contribution in [1.29, 1.82) is 0 Å². The summed E-state index contributed by atoms with van der Waals surface area (Å²) in [6, 6.07) is 6.86. The van der Waals surface area contributed by atoms with Crippen molar-refractivity contribution in [3.8, 4) is 0 Å². The molecule has 2 atom stereocenters. The molecule has 0 bridgehead atoms. The molecule has 0 radical (unpaired) electrons. The maximum absolute atomic E-state index is 12.7. The first-order valence-corrected chi connectivity index (χ1v) is 9.47. The molecule has 1 aromatic carbocycles. The molecule has 1 aromatic rings. The number of benzene rings is 1. The van der Waals surface area contributed by atoms with Gasteiger partial charge in [-0.2, -0.15) is 0 Å². The first-order valence-electron chi connectivity index (χ1n) is 9.10. The zero-order valence-electron chi connectivity index (χ0n) is 17.3. The number of ether oxygens (including phenoxy) is 1. The smallest absolute Gasteiger partial charge is 0.408 e. The van der Waals surface area contributed by atoms with Crippen molar-refractivity contribution in [2.24, 2.45) is 5.92 Å². The van der Waals surface area contributed by atoms with Gasteiger partial charge >= 0.3 is 6.09 Å². The van der Waals surface area contributed by atoms with E-state index in [-0.39, 0.29) is 17.9 Å². The number of halogens is 1. The van der Waals surface area contributed by atoms with Gasteiger partial charge in [0.2, 0.25) is 5.91 Å². The number of hydrogen-bond donors (Lipinski definition) is 2. The van der Waals surface area contributed by atoms with Crippen LogP contribution in [0, 0.1) is 5.92 Å². The van der Waals surface area contributed by atoms with Crippen LogP contribution in [0.2, 0.25) is 5.02 Å². The van der Waals surface area contributed by atoms with E-state index in [0.29, 0.717) is 11.6 Å². The van der Waals surface area contributed by atoms with Crippen LogP contribution in [0.1, 0.15) is 46.2 Å². The Kier molecular flexibility index (Phi) is 8.57. The maximum Gasteiger partial charge on any atom is 0.408 e. The van der Waals surface area contributed by atoms with Gasteiger partial charge in [-0.25, -0.2) is 4.79 Å². The molecule has 0 aliphatic heterocycles. The normalized spacial score (nSPS) is 14.0. The minimum atomic E-state index is -0.673. The van der Waals surface area contributed by atoms with E-state index in [1.807, 2.05) is 57.1 Å². The van der Waals surface area contributed by atoms with Crippen LogP contribution in [0.25, 0.3) is 0 Å². The third-order valence-electron chi connectivity index (χ3n) is 3.97. The highest BCUT2D eigenvalue weighted by molar-refractivity contribution is 6.30. The lowest BCUT2D eigenvalue weighted by Gasteiger charge is -2.28. The van der Waals surface area contributed by atoms with Gasteiger partial charge in [-0.3, -0.25) is 4.79 Å². The zero-order valence-corrected chi connectivity index (χ0v) is 18.1. The third-order valence-corrected chi connectivity index (χ3v) is 4.22. The predicted octanol–water partition coefficient (Wildman–Crippen LogP) is 3.61. The van der Waals surface area contributed by atoms with E-state index < -0.39 is 17.7 Å². The van der Waals surface area contributed by atoms with Crippen LogP contribution in [0.15, 0.2) is 24.3 Å². The van der Waals surface area contributed by atoms with Crippen LogP contribution in [0.4, 0.5) is 4.79 Å². The van der Waals surface area contributed by atoms with E-state index in [4.69, 9.17) is 16.3 Å². The van der Waals surface area contributed by atoms with Gasteiger partial charge in [0.15, 0.2) is 0 Å². The zero-order chi connectivity index (χ0) is 20.8. The molecule has 0 heterocycles. The van der Waals surface area contributed by atoms with Gasteiger partial charge in [-0.05, 0) is 58.5 Å². The molecule has 0 saturated carbocycles. The highest BCUT2D eigenvalue weighted by Gasteiger charge is 2.27. The Bertz CT molecular complexity index is 624. The number of hydrogen-bond acceptors (Lipinski definition) is 4. The van der Waals surface area contributed by atoms with Crippen molar-refractivity contribution in [2.45, 2.75) is 52.3 Å². The lowest BCUT2D eigenvalue weighted by molar-refractivity contribution is -0.124. The number of likely N-dealkylation sites (N-methyl/N-ethyl adjacent to an activating group) is 1. The van der Waals surface area contributed by atoms with Gasteiger partial charge in [0, 0.05) is 11.6 Å². The predicted molar refractivity (Wildman–Crippen MR) is 109 cm³/mol. The minimum Gasteiger partial charge on any atom is -0.444 e. The number of alkyl carbamates (subject to hydrolysis) is 1. The Morgan fingerprint density at radius 1 is 1.15 bits per heavy atom. The standard InChI is InChI=1S/C20H32ClN3O3/c1-13(2)17(23-19(26)27-20(3,4)5)18(25)22-12-16(24(6)7)14-8-10-15(21)11-9-14/h8-11,13,16-17H,12H2,1-7H3,(H,22,25)(H,23,26). The molecule has 0 fully saturated rings. The number of carbonyl (C=O) groups excluding carboxylic acids is 2. The number of amides is 2. The van der Waals surface area contributed by atoms with Crippen LogP contribution < -0.4 is 10.6 Å². The molecule has 1 rings (SSSR count). The summed E-state index contributed by atoms with van der Waals surface area (Å²) in [7, 11) is 3.90. The molecule has 0 aliphatic rings. The summed E-state index contributed by atoms with van der Waals surface area (Å²) in [5.74, 6) is -0.317. The van der Waals surface area contributed by atoms with Crippen LogP contribution in [-0.2, 0) is 9.53 Å². The number of rotatable bonds is 7. The summed E-state index contributed by atoms with van der Waals surface area (Å²) in [6.07, 6.45) is -0.599. The van der Waals surface area contributed by atoms with Gasteiger partial charge in [0.25, 0.3) is 0 Å². The topological polar surface area (TPSA) is 70.7 Å². The minimum absolute atomic E-state index is 0.0134. The molecular formula is C20H32ClN3O3. The van der Waals surface area contributed by atoms with Crippen LogP contribution >= 0.6 is 11.6 Å². The van der Waals surface area contributed by atoms with E-state index >= 15 is 0 Å². The fourth-order valence-corrected chi connectivity index (χ4v) is 2.69. The first kappa shape index (κ1) is 23.2. The van der Waals surface area contributed by atoms with E-state index in [0.717, 1.165) is 5.56 Å². The van der Waals surface area contributed by atoms with E-state index in [1.54, 1.807) is 20.8 Å².